The molecule has 0 aliphatic rings. The molecule has 0 heterocycles. The SMILES string of the molecule is C=CCOc1ccc(/C=C/C(=O)NCCCOCc2ccccc2)cc1OC. The minimum atomic E-state index is -0.144. The number of benzene rings is 2. The van der Waals surface area contributed by atoms with Gasteiger partial charge in [0.25, 0.3) is 0 Å². The van der Waals surface area contributed by atoms with Gasteiger partial charge < -0.3 is 19.5 Å². The lowest BCUT2D eigenvalue weighted by Crippen LogP contribution is -2.23. The van der Waals surface area contributed by atoms with Crippen LogP contribution in [0.1, 0.15) is 17.5 Å². The predicted octanol–water partition coefficient (Wildman–Crippen LogP) is 4.00. The molecule has 2 aromatic carbocycles. The first-order chi connectivity index (χ1) is 13.7. The van der Waals surface area contributed by atoms with Crippen LogP contribution in [0.4, 0.5) is 0 Å². The van der Waals surface area contributed by atoms with Crippen LogP contribution in [-0.2, 0) is 16.1 Å². The van der Waals surface area contributed by atoms with Crippen molar-refractivity contribution in [2.75, 3.05) is 26.9 Å². The van der Waals surface area contributed by atoms with E-state index in [0.29, 0.717) is 37.9 Å². The molecule has 0 aliphatic carbocycles. The van der Waals surface area contributed by atoms with Gasteiger partial charge in [0.1, 0.15) is 6.61 Å². The molecule has 0 aliphatic heterocycles. The highest BCUT2D eigenvalue weighted by Gasteiger charge is 2.04. The Labute approximate surface area is 166 Å². The van der Waals surface area contributed by atoms with Crippen LogP contribution in [0, 0.1) is 0 Å². The van der Waals surface area contributed by atoms with E-state index in [1.807, 2.05) is 48.5 Å². The third-order valence-electron chi connectivity index (χ3n) is 3.85. The maximum atomic E-state index is 11.9. The van der Waals surface area contributed by atoms with E-state index in [0.717, 1.165) is 17.5 Å². The highest BCUT2D eigenvalue weighted by atomic mass is 16.5. The summed E-state index contributed by atoms with van der Waals surface area (Å²) in [6.07, 6.45) is 5.67. The Morgan fingerprint density at radius 1 is 1.14 bits per heavy atom. The molecule has 2 aromatic rings. The van der Waals surface area contributed by atoms with Crippen LogP contribution >= 0.6 is 0 Å². The number of ether oxygens (including phenoxy) is 3. The molecule has 5 heteroatoms. The van der Waals surface area contributed by atoms with Crippen molar-refractivity contribution in [3.8, 4) is 11.5 Å². The Morgan fingerprint density at radius 2 is 1.96 bits per heavy atom. The first kappa shape index (κ1) is 21.3. The molecule has 2 rings (SSSR count). The number of amides is 1. The third kappa shape index (κ3) is 7.68. The molecular weight excluding hydrogens is 354 g/mol. The van der Waals surface area contributed by atoms with E-state index in [4.69, 9.17) is 14.2 Å². The lowest BCUT2D eigenvalue weighted by atomic mass is 10.2. The van der Waals surface area contributed by atoms with Gasteiger partial charge in [0.15, 0.2) is 11.5 Å². The quantitative estimate of drug-likeness (QED) is 0.343. The fraction of sp³-hybridized carbons (Fsp3) is 0.261. The van der Waals surface area contributed by atoms with Crippen molar-refractivity contribution in [3.63, 3.8) is 0 Å². The average Bonchev–Trinajstić information content (AvgIpc) is 2.74. The monoisotopic (exact) mass is 381 g/mol. The van der Waals surface area contributed by atoms with Gasteiger partial charge in [0, 0.05) is 19.2 Å². The van der Waals surface area contributed by atoms with E-state index in [1.165, 1.54) is 6.08 Å². The molecule has 0 aromatic heterocycles. The predicted molar refractivity (Wildman–Crippen MR) is 111 cm³/mol. The third-order valence-corrected chi connectivity index (χ3v) is 3.85. The number of hydrogen-bond acceptors (Lipinski definition) is 4. The minimum Gasteiger partial charge on any atom is -0.493 e. The van der Waals surface area contributed by atoms with Crippen molar-refractivity contribution in [1.82, 2.24) is 5.32 Å². The van der Waals surface area contributed by atoms with Gasteiger partial charge in [-0.1, -0.05) is 49.1 Å². The number of hydrogen-bond donors (Lipinski definition) is 1. The summed E-state index contributed by atoms with van der Waals surface area (Å²) in [5, 5.41) is 2.85. The molecule has 0 unspecified atom stereocenters. The molecule has 148 valence electrons. The zero-order valence-electron chi connectivity index (χ0n) is 16.2. The van der Waals surface area contributed by atoms with E-state index in [9.17, 15) is 4.79 Å². The second-order valence-corrected chi connectivity index (χ2v) is 6.03. The van der Waals surface area contributed by atoms with Crippen LogP contribution in [0.2, 0.25) is 0 Å². The Hall–Kier alpha value is -3.05. The summed E-state index contributed by atoms with van der Waals surface area (Å²) in [5.74, 6) is 1.11. The molecule has 0 atom stereocenters. The zero-order valence-corrected chi connectivity index (χ0v) is 16.2. The van der Waals surface area contributed by atoms with Crippen LogP contribution < -0.4 is 14.8 Å². The van der Waals surface area contributed by atoms with Gasteiger partial charge in [-0.25, -0.2) is 0 Å². The van der Waals surface area contributed by atoms with Crippen molar-refractivity contribution in [3.05, 3.63) is 78.4 Å². The highest BCUT2D eigenvalue weighted by Crippen LogP contribution is 2.28. The van der Waals surface area contributed by atoms with E-state index in [1.54, 1.807) is 19.3 Å². The van der Waals surface area contributed by atoms with Gasteiger partial charge in [0.05, 0.1) is 13.7 Å². The maximum absolute atomic E-state index is 11.9. The van der Waals surface area contributed by atoms with E-state index in [-0.39, 0.29) is 5.91 Å². The second kappa shape index (κ2) is 12.4. The van der Waals surface area contributed by atoms with Gasteiger partial charge in [-0.05, 0) is 35.8 Å². The van der Waals surface area contributed by atoms with Crippen LogP contribution in [0.5, 0.6) is 11.5 Å². The van der Waals surface area contributed by atoms with Crippen molar-refractivity contribution in [1.29, 1.82) is 0 Å². The Morgan fingerprint density at radius 3 is 2.71 bits per heavy atom. The average molecular weight is 381 g/mol. The van der Waals surface area contributed by atoms with E-state index in [2.05, 4.69) is 11.9 Å². The molecule has 0 saturated heterocycles. The van der Waals surface area contributed by atoms with E-state index >= 15 is 0 Å². The number of nitrogens with one attached hydrogen (secondary N) is 1. The lowest BCUT2D eigenvalue weighted by Gasteiger charge is -2.09. The number of carbonyl (C=O) groups excluding carboxylic acids is 1. The lowest BCUT2D eigenvalue weighted by molar-refractivity contribution is -0.116. The Bertz CT molecular complexity index is 771. The van der Waals surface area contributed by atoms with Crippen LogP contribution in [0.25, 0.3) is 6.08 Å². The summed E-state index contributed by atoms with van der Waals surface area (Å²) < 4.78 is 16.4. The summed E-state index contributed by atoms with van der Waals surface area (Å²) in [6.45, 7) is 5.78. The fourth-order valence-electron chi connectivity index (χ4n) is 2.44. The normalized spacial score (nSPS) is 10.6. The van der Waals surface area contributed by atoms with Gasteiger partial charge in [0.2, 0.25) is 5.91 Å². The summed E-state index contributed by atoms with van der Waals surface area (Å²) in [7, 11) is 1.58. The molecule has 0 fully saturated rings. The molecule has 1 N–H and O–H groups in total. The number of methoxy groups -OCH3 is 1. The fourth-order valence-corrected chi connectivity index (χ4v) is 2.44. The van der Waals surface area contributed by atoms with Crippen molar-refractivity contribution < 1.29 is 19.0 Å². The smallest absolute Gasteiger partial charge is 0.244 e. The number of rotatable bonds is 12. The molecular formula is C23H27NO4. The minimum absolute atomic E-state index is 0.144. The molecule has 0 radical (unpaired) electrons. The maximum Gasteiger partial charge on any atom is 0.244 e. The van der Waals surface area contributed by atoms with Crippen molar-refractivity contribution in [2.24, 2.45) is 0 Å². The van der Waals surface area contributed by atoms with Gasteiger partial charge >= 0.3 is 0 Å². The van der Waals surface area contributed by atoms with Crippen LogP contribution in [-0.4, -0.2) is 32.8 Å². The summed E-state index contributed by atoms with van der Waals surface area (Å²) >= 11 is 0. The van der Waals surface area contributed by atoms with Crippen LogP contribution in [0.3, 0.4) is 0 Å². The summed E-state index contributed by atoms with van der Waals surface area (Å²) in [6, 6.07) is 15.5. The van der Waals surface area contributed by atoms with Crippen LogP contribution in [0.15, 0.2) is 67.3 Å². The topological polar surface area (TPSA) is 56.8 Å². The Kier molecular flexibility index (Phi) is 9.38. The number of carbonyl (C=O) groups is 1. The molecule has 28 heavy (non-hydrogen) atoms. The molecule has 0 spiro atoms. The van der Waals surface area contributed by atoms with Gasteiger partial charge in [-0.3, -0.25) is 4.79 Å². The zero-order chi connectivity index (χ0) is 20.0. The molecule has 1 amide bonds. The molecule has 0 bridgehead atoms. The summed E-state index contributed by atoms with van der Waals surface area (Å²) in [5.41, 5.74) is 2.00. The highest BCUT2D eigenvalue weighted by molar-refractivity contribution is 5.91. The van der Waals surface area contributed by atoms with Crippen molar-refractivity contribution in [2.45, 2.75) is 13.0 Å². The first-order valence-electron chi connectivity index (χ1n) is 9.22. The standard InChI is InChI=1S/C23H27NO4/c1-3-15-28-21-12-10-19(17-22(21)26-2)11-13-23(25)24-14-7-16-27-18-20-8-5-4-6-9-20/h3-6,8-13,17H,1,7,14-16,18H2,2H3,(H,24,25)/b13-11+. The summed E-state index contributed by atoms with van der Waals surface area (Å²) in [4.78, 5) is 11.9. The van der Waals surface area contributed by atoms with Gasteiger partial charge in [-0.15, -0.1) is 0 Å². The molecule has 0 saturated carbocycles. The second-order valence-electron chi connectivity index (χ2n) is 6.03. The van der Waals surface area contributed by atoms with Crippen molar-refractivity contribution >= 4 is 12.0 Å². The molecule has 5 nitrogen and oxygen atoms in total. The Balaban J connectivity index is 1.69. The van der Waals surface area contributed by atoms with E-state index < -0.39 is 0 Å². The largest absolute Gasteiger partial charge is 0.493 e. The van der Waals surface area contributed by atoms with Gasteiger partial charge in [-0.2, -0.15) is 0 Å². The first-order valence-corrected chi connectivity index (χ1v) is 9.22.